The van der Waals surface area contributed by atoms with Crippen molar-refractivity contribution in [2.24, 2.45) is 0 Å². The largest absolute Gasteiger partial charge is 0.372 e. The summed E-state index contributed by atoms with van der Waals surface area (Å²) in [5.41, 5.74) is 1.30. The predicted molar refractivity (Wildman–Crippen MR) is 86.3 cm³/mol. The van der Waals surface area contributed by atoms with Crippen LogP contribution in [-0.2, 0) is 4.74 Å². The van der Waals surface area contributed by atoms with Crippen LogP contribution in [0.1, 0.15) is 24.3 Å². The Morgan fingerprint density at radius 1 is 1.27 bits per heavy atom. The van der Waals surface area contributed by atoms with Gasteiger partial charge >= 0.3 is 0 Å². The van der Waals surface area contributed by atoms with Crippen LogP contribution in [0.5, 0.6) is 0 Å². The van der Waals surface area contributed by atoms with E-state index in [-0.39, 0.29) is 18.1 Å². The summed E-state index contributed by atoms with van der Waals surface area (Å²) in [7, 11) is 0. The van der Waals surface area contributed by atoms with E-state index in [4.69, 9.17) is 16.3 Å². The fraction of sp³-hybridized carbons (Fsp3) is 0.400. The Hall–Kier alpha value is -1.50. The fourth-order valence-corrected chi connectivity index (χ4v) is 3.40. The molecule has 2 atom stereocenters. The molecule has 2 aromatic rings. The number of morpholine rings is 1. The van der Waals surface area contributed by atoms with Crippen LogP contribution in [0.4, 0.5) is 0 Å². The molecule has 0 bridgehead atoms. The molecule has 0 radical (unpaired) electrons. The van der Waals surface area contributed by atoms with Gasteiger partial charge in [-0.05, 0) is 43.1 Å². The van der Waals surface area contributed by atoms with Crippen molar-refractivity contribution in [3.8, 4) is 10.4 Å². The lowest BCUT2D eigenvalue weighted by Gasteiger charge is -2.35. The van der Waals surface area contributed by atoms with Crippen molar-refractivity contribution >= 4 is 29.0 Å². The van der Waals surface area contributed by atoms with E-state index in [2.05, 4.69) is 9.59 Å². The van der Waals surface area contributed by atoms with Crippen LogP contribution in [0.15, 0.2) is 24.3 Å². The summed E-state index contributed by atoms with van der Waals surface area (Å²) in [5.74, 6) is -0.0966. The summed E-state index contributed by atoms with van der Waals surface area (Å²) in [6.07, 6.45) is 0.0524. The number of nitrogens with zero attached hydrogens (tertiary/aromatic N) is 3. The summed E-state index contributed by atoms with van der Waals surface area (Å²) in [6.45, 7) is 5.08. The molecule has 1 aromatic carbocycles. The number of carbonyl (C=O) groups is 1. The fourth-order valence-electron chi connectivity index (χ4n) is 2.61. The molecule has 1 aliphatic rings. The Balaban J connectivity index is 1.88. The van der Waals surface area contributed by atoms with Crippen LogP contribution < -0.4 is 0 Å². The van der Waals surface area contributed by atoms with Crippen LogP contribution in [0.2, 0.25) is 5.02 Å². The average Bonchev–Trinajstić information content (AvgIpc) is 2.95. The van der Waals surface area contributed by atoms with Crippen molar-refractivity contribution in [2.45, 2.75) is 26.1 Å². The van der Waals surface area contributed by atoms with Crippen LogP contribution >= 0.6 is 23.1 Å². The van der Waals surface area contributed by atoms with Crippen molar-refractivity contribution in [3.05, 3.63) is 35.0 Å². The van der Waals surface area contributed by atoms with Gasteiger partial charge in [0.1, 0.15) is 0 Å². The molecule has 5 nitrogen and oxygen atoms in total. The van der Waals surface area contributed by atoms with Gasteiger partial charge in [0.25, 0.3) is 5.91 Å². The van der Waals surface area contributed by atoms with Crippen molar-refractivity contribution in [1.82, 2.24) is 14.5 Å². The maximum atomic E-state index is 12.8. The predicted octanol–water partition coefficient (Wildman–Crippen LogP) is 3.11. The highest BCUT2D eigenvalue weighted by atomic mass is 35.5. The van der Waals surface area contributed by atoms with E-state index in [1.807, 2.05) is 26.0 Å². The van der Waals surface area contributed by atoms with Crippen LogP contribution in [0.25, 0.3) is 10.4 Å². The zero-order chi connectivity index (χ0) is 15.7. The highest BCUT2D eigenvalue weighted by Gasteiger charge is 2.29. The van der Waals surface area contributed by atoms with Gasteiger partial charge in [-0.1, -0.05) is 28.2 Å². The number of benzene rings is 1. The molecule has 0 spiro atoms. The molecular weight excluding hydrogens is 322 g/mol. The number of aromatic nitrogens is 2. The number of hydrogen-bond acceptors (Lipinski definition) is 5. The normalized spacial score (nSPS) is 21.9. The first-order chi connectivity index (χ1) is 10.5. The smallest absolute Gasteiger partial charge is 0.276 e. The SMILES string of the molecule is C[C@@H]1CN(C(=O)c2nnsc2-c2ccc(Cl)cc2)C[C@H](C)O1. The molecular formula is C15H16ClN3O2S. The maximum absolute atomic E-state index is 12.8. The highest BCUT2D eigenvalue weighted by molar-refractivity contribution is 7.09. The van der Waals surface area contributed by atoms with Gasteiger partial charge in [-0.15, -0.1) is 5.10 Å². The molecule has 1 saturated heterocycles. The number of hydrogen-bond donors (Lipinski definition) is 0. The first-order valence-electron chi connectivity index (χ1n) is 7.07. The van der Waals surface area contributed by atoms with Gasteiger partial charge in [-0.3, -0.25) is 4.79 Å². The van der Waals surface area contributed by atoms with Gasteiger partial charge in [0.05, 0.1) is 17.1 Å². The standard InChI is InChI=1S/C15H16ClN3O2S/c1-9-7-19(8-10(2)21-9)15(20)13-14(22-18-17-13)11-3-5-12(16)6-4-11/h3-6,9-10H,7-8H2,1-2H3/t9-,10+. The van der Waals surface area contributed by atoms with Crippen molar-refractivity contribution < 1.29 is 9.53 Å². The van der Waals surface area contributed by atoms with Gasteiger partial charge in [0.2, 0.25) is 0 Å². The molecule has 22 heavy (non-hydrogen) atoms. The minimum absolute atomic E-state index is 0.0262. The molecule has 2 heterocycles. The van der Waals surface area contributed by atoms with Gasteiger partial charge in [-0.25, -0.2) is 0 Å². The number of halogens is 1. The van der Waals surface area contributed by atoms with Crippen molar-refractivity contribution in [3.63, 3.8) is 0 Å². The topological polar surface area (TPSA) is 55.3 Å². The zero-order valence-corrected chi connectivity index (χ0v) is 13.9. The molecule has 7 heteroatoms. The number of rotatable bonds is 2. The summed E-state index contributed by atoms with van der Waals surface area (Å²) < 4.78 is 9.62. The third-order valence-electron chi connectivity index (χ3n) is 3.50. The molecule has 0 aliphatic carbocycles. The monoisotopic (exact) mass is 337 g/mol. The summed E-state index contributed by atoms with van der Waals surface area (Å²) >= 11 is 7.13. The highest BCUT2D eigenvalue weighted by Crippen LogP contribution is 2.28. The van der Waals surface area contributed by atoms with Crippen molar-refractivity contribution in [2.75, 3.05) is 13.1 Å². The number of amides is 1. The quantitative estimate of drug-likeness (QED) is 0.845. The Kier molecular flexibility index (Phi) is 4.42. The minimum atomic E-state index is -0.0966. The van der Waals surface area contributed by atoms with Gasteiger partial charge in [-0.2, -0.15) is 0 Å². The van der Waals surface area contributed by atoms with E-state index in [0.29, 0.717) is 23.8 Å². The molecule has 0 saturated carbocycles. The number of ether oxygens (including phenoxy) is 1. The molecule has 0 N–H and O–H groups in total. The second-order valence-corrected chi connectivity index (χ2v) is 6.62. The van der Waals surface area contributed by atoms with Gasteiger partial charge < -0.3 is 9.64 Å². The average molecular weight is 338 g/mol. The van der Waals surface area contributed by atoms with E-state index >= 15 is 0 Å². The van der Waals surface area contributed by atoms with E-state index in [1.165, 1.54) is 11.5 Å². The van der Waals surface area contributed by atoms with Crippen LogP contribution in [0, 0.1) is 0 Å². The van der Waals surface area contributed by atoms with E-state index in [9.17, 15) is 4.79 Å². The zero-order valence-electron chi connectivity index (χ0n) is 12.3. The lowest BCUT2D eigenvalue weighted by atomic mass is 10.1. The Bertz CT molecular complexity index is 664. The molecule has 1 aromatic heterocycles. The third-order valence-corrected chi connectivity index (χ3v) is 4.53. The summed E-state index contributed by atoms with van der Waals surface area (Å²) in [5, 5.41) is 4.70. The Labute approximate surface area is 138 Å². The maximum Gasteiger partial charge on any atom is 0.276 e. The van der Waals surface area contributed by atoms with Gasteiger partial charge in [0, 0.05) is 18.1 Å². The summed E-state index contributed by atoms with van der Waals surface area (Å²) in [4.78, 5) is 15.3. The molecule has 1 amide bonds. The van der Waals surface area contributed by atoms with E-state index in [1.54, 1.807) is 17.0 Å². The van der Waals surface area contributed by atoms with Crippen LogP contribution in [-0.4, -0.2) is 45.7 Å². The lowest BCUT2D eigenvalue weighted by Crippen LogP contribution is -2.48. The lowest BCUT2D eigenvalue weighted by molar-refractivity contribution is -0.0587. The van der Waals surface area contributed by atoms with Crippen molar-refractivity contribution in [1.29, 1.82) is 0 Å². The summed E-state index contributed by atoms with van der Waals surface area (Å²) in [6, 6.07) is 7.34. The first-order valence-corrected chi connectivity index (χ1v) is 8.22. The first kappa shape index (κ1) is 15.4. The molecule has 1 fully saturated rings. The molecule has 1 aliphatic heterocycles. The van der Waals surface area contributed by atoms with E-state index in [0.717, 1.165) is 10.4 Å². The Morgan fingerprint density at radius 3 is 2.55 bits per heavy atom. The molecule has 0 unspecified atom stereocenters. The van der Waals surface area contributed by atoms with E-state index < -0.39 is 0 Å². The number of carbonyl (C=O) groups excluding carboxylic acids is 1. The molecule has 116 valence electrons. The second kappa shape index (κ2) is 6.32. The Morgan fingerprint density at radius 2 is 1.91 bits per heavy atom. The van der Waals surface area contributed by atoms with Crippen LogP contribution in [0.3, 0.4) is 0 Å². The molecule has 3 rings (SSSR count). The van der Waals surface area contributed by atoms with Gasteiger partial charge in [0.15, 0.2) is 5.69 Å². The third kappa shape index (κ3) is 3.14. The minimum Gasteiger partial charge on any atom is -0.372 e. The second-order valence-electron chi connectivity index (χ2n) is 5.43.